The number of ether oxygens (including phenoxy) is 1. The molecule has 0 atom stereocenters. The van der Waals surface area contributed by atoms with Gasteiger partial charge < -0.3 is 10.1 Å². The van der Waals surface area contributed by atoms with Gasteiger partial charge in [0.15, 0.2) is 11.6 Å². The first-order valence-corrected chi connectivity index (χ1v) is 9.71. The zero-order chi connectivity index (χ0) is 19.4. The molecule has 3 aromatic rings. The van der Waals surface area contributed by atoms with E-state index in [9.17, 15) is 8.42 Å². The molecule has 0 unspecified atom stereocenters. The Labute approximate surface area is 158 Å². The summed E-state index contributed by atoms with van der Waals surface area (Å²) in [5.74, 6) is 1.24. The van der Waals surface area contributed by atoms with E-state index in [1.165, 1.54) is 19.2 Å². The maximum absolute atomic E-state index is 12.4. The molecule has 2 aromatic carbocycles. The van der Waals surface area contributed by atoms with Crippen LogP contribution < -0.4 is 14.8 Å². The van der Waals surface area contributed by atoms with E-state index in [4.69, 9.17) is 4.74 Å². The summed E-state index contributed by atoms with van der Waals surface area (Å²) in [7, 11) is -2.23. The molecule has 0 aliphatic carbocycles. The van der Waals surface area contributed by atoms with Crippen LogP contribution in [0.5, 0.6) is 5.75 Å². The summed E-state index contributed by atoms with van der Waals surface area (Å²) in [6, 6.07) is 15.2. The summed E-state index contributed by atoms with van der Waals surface area (Å²) in [5.41, 5.74) is 3.20. The van der Waals surface area contributed by atoms with Gasteiger partial charge in [0.2, 0.25) is 0 Å². The minimum atomic E-state index is -3.75. The van der Waals surface area contributed by atoms with Crippen LogP contribution in [0.1, 0.15) is 11.1 Å². The van der Waals surface area contributed by atoms with Crippen LogP contribution in [0.2, 0.25) is 0 Å². The lowest BCUT2D eigenvalue weighted by Crippen LogP contribution is -2.14. The predicted molar refractivity (Wildman–Crippen MR) is 105 cm³/mol. The van der Waals surface area contributed by atoms with Gasteiger partial charge >= 0.3 is 0 Å². The molecule has 0 radical (unpaired) electrons. The van der Waals surface area contributed by atoms with E-state index in [-0.39, 0.29) is 10.7 Å². The molecule has 0 aliphatic rings. The van der Waals surface area contributed by atoms with Gasteiger partial charge in [-0.3, -0.25) is 4.72 Å². The second-order valence-corrected chi connectivity index (χ2v) is 7.64. The van der Waals surface area contributed by atoms with Crippen LogP contribution in [0.15, 0.2) is 59.5 Å². The number of aryl methyl sites for hydroxylation is 1. The van der Waals surface area contributed by atoms with Gasteiger partial charge in [0, 0.05) is 5.69 Å². The van der Waals surface area contributed by atoms with Crippen LogP contribution in [0.4, 0.5) is 17.3 Å². The van der Waals surface area contributed by atoms with Crippen molar-refractivity contribution in [1.29, 1.82) is 0 Å². The average Bonchev–Trinajstić information content (AvgIpc) is 2.67. The van der Waals surface area contributed by atoms with Gasteiger partial charge in [0.25, 0.3) is 10.0 Å². The van der Waals surface area contributed by atoms with Crippen LogP contribution in [0.3, 0.4) is 0 Å². The molecular formula is C19H20N4O3S. The number of methoxy groups -OCH3 is 1. The number of benzene rings is 2. The molecule has 140 valence electrons. The second kappa shape index (κ2) is 7.63. The Bertz CT molecular complexity index is 1030. The van der Waals surface area contributed by atoms with Crippen LogP contribution >= 0.6 is 0 Å². The van der Waals surface area contributed by atoms with Crippen LogP contribution in [0, 0.1) is 13.8 Å². The predicted octanol–water partition coefficient (Wildman–Crippen LogP) is 3.65. The molecule has 0 fully saturated rings. The van der Waals surface area contributed by atoms with E-state index in [1.54, 1.807) is 24.3 Å². The Kier molecular flexibility index (Phi) is 5.27. The van der Waals surface area contributed by atoms with Gasteiger partial charge in [-0.1, -0.05) is 12.1 Å². The van der Waals surface area contributed by atoms with Crippen LogP contribution in [-0.2, 0) is 10.0 Å². The van der Waals surface area contributed by atoms with Gasteiger partial charge in [-0.25, -0.2) is 8.42 Å². The molecular weight excluding hydrogens is 364 g/mol. The number of nitrogens with one attached hydrogen (secondary N) is 2. The standard InChI is InChI=1S/C19H20N4O3S/c1-13-5-4-6-17(14(13)2)20-18-11-12-19(22-21-18)23-27(24,25)16-9-7-15(26-3)8-10-16/h4-12H,1-3H3,(H,20,21)(H,22,23). The fourth-order valence-electron chi connectivity index (χ4n) is 2.43. The number of aromatic nitrogens is 2. The first-order valence-electron chi connectivity index (χ1n) is 8.23. The number of hydrogen-bond acceptors (Lipinski definition) is 6. The highest BCUT2D eigenvalue weighted by molar-refractivity contribution is 7.92. The van der Waals surface area contributed by atoms with Crippen molar-refractivity contribution >= 4 is 27.3 Å². The summed E-state index contributed by atoms with van der Waals surface area (Å²) in [4.78, 5) is 0.114. The van der Waals surface area contributed by atoms with E-state index in [1.807, 2.05) is 32.0 Å². The fourth-order valence-corrected chi connectivity index (χ4v) is 3.43. The summed E-state index contributed by atoms with van der Waals surface area (Å²) in [6.45, 7) is 4.05. The highest BCUT2D eigenvalue weighted by atomic mass is 32.2. The van der Waals surface area contributed by atoms with E-state index >= 15 is 0 Å². The minimum absolute atomic E-state index is 0.114. The highest BCUT2D eigenvalue weighted by Crippen LogP contribution is 2.22. The first-order chi connectivity index (χ1) is 12.9. The van der Waals surface area contributed by atoms with E-state index in [0.29, 0.717) is 11.6 Å². The van der Waals surface area contributed by atoms with Gasteiger partial charge in [-0.2, -0.15) is 0 Å². The number of nitrogens with zero attached hydrogens (tertiary/aromatic N) is 2. The molecule has 2 N–H and O–H groups in total. The Hall–Kier alpha value is -3.13. The maximum Gasteiger partial charge on any atom is 0.263 e. The van der Waals surface area contributed by atoms with E-state index in [0.717, 1.165) is 16.8 Å². The molecule has 0 bridgehead atoms. The first kappa shape index (κ1) is 18.7. The molecule has 8 heteroatoms. The Morgan fingerprint density at radius 1 is 0.889 bits per heavy atom. The minimum Gasteiger partial charge on any atom is -0.497 e. The Morgan fingerprint density at radius 2 is 1.56 bits per heavy atom. The van der Waals surface area contributed by atoms with Crippen molar-refractivity contribution in [1.82, 2.24) is 10.2 Å². The third kappa shape index (κ3) is 4.35. The monoisotopic (exact) mass is 384 g/mol. The molecule has 1 heterocycles. The third-order valence-corrected chi connectivity index (χ3v) is 5.51. The van der Waals surface area contributed by atoms with E-state index < -0.39 is 10.0 Å². The summed E-state index contributed by atoms with van der Waals surface area (Å²) in [5, 5.41) is 11.2. The van der Waals surface area contributed by atoms with Crippen LogP contribution in [-0.4, -0.2) is 25.7 Å². The average molecular weight is 384 g/mol. The molecule has 7 nitrogen and oxygen atoms in total. The lowest BCUT2D eigenvalue weighted by molar-refractivity contribution is 0.414. The van der Waals surface area contributed by atoms with Gasteiger partial charge in [0.05, 0.1) is 12.0 Å². The van der Waals surface area contributed by atoms with Gasteiger partial charge in [0.1, 0.15) is 5.75 Å². The van der Waals surface area contributed by atoms with E-state index in [2.05, 4.69) is 20.2 Å². The topological polar surface area (TPSA) is 93.2 Å². The SMILES string of the molecule is COc1ccc(S(=O)(=O)Nc2ccc(Nc3cccc(C)c3C)nn2)cc1. The van der Waals surface area contributed by atoms with Crippen molar-refractivity contribution in [3.05, 3.63) is 65.7 Å². The van der Waals surface area contributed by atoms with Crippen molar-refractivity contribution in [3.8, 4) is 5.75 Å². The fraction of sp³-hybridized carbons (Fsp3) is 0.158. The third-order valence-electron chi connectivity index (χ3n) is 4.14. The van der Waals surface area contributed by atoms with Crippen molar-refractivity contribution in [3.63, 3.8) is 0 Å². The van der Waals surface area contributed by atoms with Crippen molar-refractivity contribution < 1.29 is 13.2 Å². The lowest BCUT2D eigenvalue weighted by atomic mass is 10.1. The molecule has 0 saturated carbocycles. The largest absolute Gasteiger partial charge is 0.497 e. The number of rotatable bonds is 6. The molecule has 0 saturated heterocycles. The molecule has 0 spiro atoms. The zero-order valence-electron chi connectivity index (χ0n) is 15.2. The molecule has 1 aromatic heterocycles. The van der Waals surface area contributed by atoms with Gasteiger partial charge in [-0.15, -0.1) is 10.2 Å². The smallest absolute Gasteiger partial charge is 0.263 e. The Morgan fingerprint density at radius 3 is 2.19 bits per heavy atom. The molecule has 27 heavy (non-hydrogen) atoms. The quantitative estimate of drug-likeness (QED) is 0.674. The highest BCUT2D eigenvalue weighted by Gasteiger charge is 2.15. The van der Waals surface area contributed by atoms with Crippen LogP contribution in [0.25, 0.3) is 0 Å². The maximum atomic E-state index is 12.4. The Balaban J connectivity index is 1.74. The normalized spacial score (nSPS) is 11.1. The summed E-state index contributed by atoms with van der Waals surface area (Å²) >= 11 is 0. The number of hydrogen-bond donors (Lipinski definition) is 2. The molecule has 0 aliphatic heterocycles. The molecule has 3 rings (SSSR count). The van der Waals surface area contributed by atoms with Gasteiger partial charge in [-0.05, 0) is 67.4 Å². The lowest BCUT2D eigenvalue weighted by Gasteiger charge is -2.11. The number of anilines is 3. The van der Waals surface area contributed by atoms with Crippen molar-refractivity contribution in [2.24, 2.45) is 0 Å². The zero-order valence-corrected chi connectivity index (χ0v) is 16.0. The summed E-state index contributed by atoms with van der Waals surface area (Å²) < 4.78 is 32.3. The molecule has 0 amide bonds. The second-order valence-electron chi connectivity index (χ2n) is 5.96. The van der Waals surface area contributed by atoms with Crippen molar-refractivity contribution in [2.75, 3.05) is 17.1 Å². The van der Waals surface area contributed by atoms with Crippen molar-refractivity contribution in [2.45, 2.75) is 18.7 Å². The summed E-state index contributed by atoms with van der Waals surface area (Å²) in [6.07, 6.45) is 0. The number of sulfonamides is 1.